The monoisotopic (exact) mass is 551 g/mol. The zero-order chi connectivity index (χ0) is 27.8. The molecule has 2 aliphatic heterocycles. The third-order valence-electron chi connectivity index (χ3n) is 7.42. The molecule has 39 heavy (non-hydrogen) atoms. The number of nitrogens with two attached hydrogens (primary N) is 1. The quantitative estimate of drug-likeness (QED) is 0.353. The second-order valence-corrected chi connectivity index (χ2v) is 12.8. The van der Waals surface area contributed by atoms with Gasteiger partial charge < -0.3 is 30.2 Å². The van der Waals surface area contributed by atoms with Crippen LogP contribution >= 0.6 is 0 Å². The summed E-state index contributed by atoms with van der Waals surface area (Å²) in [6.07, 6.45) is 1.81. The highest BCUT2D eigenvalue weighted by molar-refractivity contribution is 7.92. The topological polar surface area (TPSA) is 128 Å². The molecule has 3 heterocycles. The van der Waals surface area contributed by atoms with Crippen molar-refractivity contribution in [3.8, 4) is 5.75 Å². The highest BCUT2D eigenvalue weighted by Gasteiger charge is 2.38. The summed E-state index contributed by atoms with van der Waals surface area (Å²) < 4.78 is 31.7. The van der Waals surface area contributed by atoms with Crippen LogP contribution < -0.4 is 26.0 Å². The number of rotatable bonds is 7. The Bertz CT molecular complexity index is 1480. The third kappa shape index (κ3) is 5.21. The molecule has 2 aliphatic rings. The van der Waals surface area contributed by atoms with Gasteiger partial charge in [0.25, 0.3) is 0 Å². The molecule has 0 bridgehead atoms. The maximum Gasteiger partial charge on any atom is 0.194 e. The Balaban J connectivity index is 1.47. The fourth-order valence-electron chi connectivity index (χ4n) is 5.01. The van der Waals surface area contributed by atoms with Gasteiger partial charge in [-0.25, -0.2) is 8.42 Å². The van der Waals surface area contributed by atoms with Crippen molar-refractivity contribution in [3.05, 3.63) is 71.5 Å². The van der Waals surface area contributed by atoms with Crippen LogP contribution in [0.1, 0.15) is 30.7 Å². The molecular weight excluding hydrogens is 514 g/mol. The Morgan fingerprint density at radius 2 is 1.82 bits per heavy atom. The van der Waals surface area contributed by atoms with Gasteiger partial charge in [0.2, 0.25) is 0 Å². The second kappa shape index (κ2) is 10.6. The summed E-state index contributed by atoms with van der Waals surface area (Å²) >= 11 is 0. The minimum absolute atomic E-state index is 0.165. The van der Waals surface area contributed by atoms with Gasteiger partial charge in [-0.05, 0) is 50.7 Å². The van der Waals surface area contributed by atoms with Gasteiger partial charge in [0.05, 0.1) is 35.1 Å². The van der Waals surface area contributed by atoms with Crippen molar-refractivity contribution < 1.29 is 13.2 Å². The molecule has 1 aromatic heterocycles. The first-order chi connectivity index (χ1) is 18.6. The number of hydrogen-bond acceptors (Lipinski definition) is 8. The van der Waals surface area contributed by atoms with Crippen LogP contribution in [0.2, 0.25) is 0 Å². The molecule has 1 saturated heterocycles. The Morgan fingerprint density at radius 3 is 2.54 bits per heavy atom. The van der Waals surface area contributed by atoms with Gasteiger partial charge in [-0.1, -0.05) is 18.2 Å². The highest BCUT2D eigenvalue weighted by Crippen LogP contribution is 2.35. The molecule has 1 atom stereocenters. The lowest BCUT2D eigenvalue weighted by atomic mass is 10.0. The van der Waals surface area contributed by atoms with E-state index in [9.17, 15) is 8.42 Å². The van der Waals surface area contributed by atoms with Crippen LogP contribution in [0.3, 0.4) is 0 Å². The molecule has 3 aromatic rings. The summed E-state index contributed by atoms with van der Waals surface area (Å²) in [6.45, 7) is 7.43. The first-order valence-corrected chi connectivity index (χ1v) is 14.7. The smallest absolute Gasteiger partial charge is 0.194 e. The number of methoxy groups -OCH3 is 1. The van der Waals surface area contributed by atoms with Crippen molar-refractivity contribution in [2.45, 2.75) is 36.3 Å². The zero-order valence-corrected chi connectivity index (χ0v) is 23.7. The van der Waals surface area contributed by atoms with Crippen molar-refractivity contribution in [3.63, 3.8) is 0 Å². The Hall–Kier alpha value is -3.54. The van der Waals surface area contributed by atoms with Gasteiger partial charge in [-0.15, -0.1) is 0 Å². The number of piperazine rings is 1. The van der Waals surface area contributed by atoms with Crippen molar-refractivity contribution in [2.75, 3.05) is 50.6 Å². The van der Waals surface area contributed by atoms with Crippen LogP contribution in [-0.4, -0.2) is 69.7 Å². The van der Waals surface area contributed by atoms with Crippen molar-refractivity contribution >= 4 is 27.0 Å². The van der Waals surface area contributed by atoms with Crippen LogP contribution in [-0.2, 0) is 22.2 Å². The van der Waals surface area contributed by atoms with Crippen LogP contribution in [0, 0.1) is 0 Å². The van der Waals surface area contributed by atoms with Gasteiger partial charge in [0.15, 0.2) is 21.5 Å². The highest BCUT2D eigenvalue weighted by atomic mass is 32.2. The summed E-state index contributed by atoms with van der Waals surface area (Å²) in [6, 6.07) is 15.0. The minimum atomic E-state index is -3.46. The average molecular weight is 552 g/mol. The normalized spacial score (nSPS) is 21.0. The predicted octanol–water partition coefficient (Wildman–Crippen LogP) is 2.69. The first kappa shape index (κ1) is 27.0. The van der Waals surface area contributed by atoms with E-state index in [0.29, 0.717) is 22.0 Å². The number of benzene rings is 2. The van der Waals surface area contributed by atoms with E-state index in [0.717, 1.165) is 48.8 Å². The molecule has 0 amide bonds. The molecule has 208 valence electrons. The number of hydrogen-bond donors (Lipinski definition) is 4. The number of amidine groups is 1. The van der Waals surface area contributed by atoms with E-state index >= 15 is 0 Å². The number of fused-ring (bicyclic) bond motifs is 1. The molecule has 5 N–H and O–H groups in total. The van der Waals surface area contributed by atoms with Gasteiger partial charge >= 0.3 is 0 Å². The molecule has 0 spiro atoms. The van der Waals surface area contributed by atoms with E-state index in [4.69, 9.17) is 15.5 Å². The summed E-state index contributed by atoms with van der Waals surface area (Å²) in [5, 5.41) is 6.21. The number of ether oxygens (including phenoxy) is 1. The number of anilines is 2. The van der Waals surface area contributed by atoms with E-state index in [2.05, 4.69) is 38.5 Å². The largest absolute Gasteiger partial charge is 0.496 e. The Labute approximate surface area is 230 Å². The first-order valence-electron chi connectivity index (χ1n) is 13.1. The fraction of sp³-hybridized carbons (Fsp3) is 0.393. The second-order valence-electron chi connectivity index (χ2n) is 10.4. The van der Waals surface area contributed by atoms with Crippen LogP contribution in [0.4, 0.5) is 11.4 Å². The number of nitrogens with zero attached hydrogens (tertiary/aromatic N) is 3. The van der Waals surface area contributed by atoms with E-state index in [1.165, 1.54) is 0 Å². The average Bonchev–Trinajstić information content (AvgIpc) is 3.40. The Morgan fingerprint density at radius 1 is 1.08 bits per heavy atom. The number of aliphatic imine (C=N–C) groups is 1. The fourth-order valence-corrected chi connectivity index (χ4v) is 6.29. The van der Waals surface area contributed by atoms with Crippen LogP contribution in [0.5, 0.6) is 5.75 Å². The standard InChI is InChI=1S/C28H37N7O3S/c1-19(2)39(36,37)25-8-6-5-7-20(25)18-31-27-26-23(11-12-30-26)32-28(29,33-27)22-10-9-21(17-24(22)38-4)35-15-13-34(3)14-16-35/h5-12,17,19,30,32H,13-16,18,29H2,1-4H3,(H,31,33). The minimum Gasteiger partial charge on any atom is -0.496 e. The summed E-state index contributed by atoms with van der Waals surface area (Å²) in [4.78, 5) is 13.0. The molecule has 0 saturated carbocycles. The maximum atomic E-state index is 13.0. The lowest BCUT2D eigenvalue weighted by molar-refractivity contribution is 0.312. The maximum absolute atomic E-state index is 13.0. The molecule has 11 heteroatoms. The van der Waals surface area contributed by atoms with E-state index in [-0.39, 0.29) is 6.54 Å². The van der Waals surface area contributed by atoms with E-state index in [1.807, 2.05) is 30.5 Å². The molecule has 10 nitrogen and oxygen atoms in total. The van der Waals surface area contributed by atoms with Gasteiger partial charge in [0, 0.05) is 44.1 Å². The third-order valence-corrected chi connectivity index (χ3v) is 9.67. The lowest BCUT2D eigenvalue weighted by Gasteiger charge is -2.39. The number of H-pyrrole nitrogens is 1. The number of aromatic nitrogens is 1. The molecule has 1 fully saturated rings. The molecule has 0 aliphatic carbocycles. The Kier molecular flexibility index (Phi) is 7.32. The molecular formula is C28H37N7O3S. The number of likely N-dealkylation sites (N-methyl/N-ethyl adjacent to an activating group) is 1. The zero-order valence-electron chi connectivity index (χ0n) is 22.9. The lowest BCUT2D eigenvalue weighted by Crippen LogP contribution is -2.61. The van der Waals surface area contributed by atoms with Gasteiger partial charge in [-0.3, -0.25) is 10.7 Å². The predicted molar refractivity (Wildman–Crippen MR) is 155 cm³/mol. The number of aromatic amines is 1. The number of nitrogens with one attached hydrogen (secondary N) is 3. The van der Waals surface area contributed by atoms with E-state index in [1.54, 1.807) is 39.2 Å². The van der Waals surface area contributed by atoms with Crippen LogP contribution in [0.15, 0.2) is 64.6 Å². The molecule has 5 rings (SSSR count). The molecule has 0 radical (unpaired) electrons. The van der Waals surface area contributed by atoms with Gasteiger partial charge in [-0.2, -0.15) is 0 Å². The van der Waals surface area contributed by atoms with Crippen LogP contribution in [0.25, 0.3) is 0 Å². The SMILES string of the molecule is COc1cc(N2CCN(C)CC2)ccc1C1(N)NC(=NCc2ccccc2S(=O)(=O)C(C)C)c2[nH]ccc2N1. The summed E-state index contributed by atoms with van der Waals surface area (Å²) in [5.41, 5.74) is 10.9. The van der Waals surface area contributed by atoms with Crippen molar-refractivity contribution in [2.24, 2.45) is 10.7 Å². The summed E-state index contributed by atoms with van der Waals surface area (Å²) in [7, 11) is 0.316. The summed E-state index contributed by atoms with van der Waals surface area (Å²) in [5.74, 6) is -0.0392. The molecule has 2 aromatic carbocycles. The number of sulfone groups is 1. The molecule has 1 unspecified atom stereocenters. The van der Waals surface area contributed by atoms with Crippen molar-refractivity contribution in [1.29, 1.82) is 0 Å². The van der Waals surface area contributed by atoms with Crippen molar-refractivity contribution in [1.82, 2.24) is 15.2 Å². The van der Waals surface area contributed by atoms with Gasteiger partial charge in [0.1, 0.15) is 11.4 Å². The van der Waals surface area contributed by atoms with E-state index < -0.39 is 20.9 Å².